The molecule has 0 saturated heterocycles. The fourth-order valence-corrected chi connectivity index (χ4v) is 3.79. The van der Waals surface area contributed by atoms with Crippen LogP contribution in [0.3, 0.4) is 0 Å². The van der Waals surface area contributed by atoms with Crippen LogP contribution in [-0.4, -0.2) is 18.9 Å². The summed E-state index contributed by atoms with van der Waals surface area (Å²) >= 11 is 1.98. The van der Waals surface area contributed by atoms with E-state index in [-0.39, 0.29) is 0 Å². The molecule has 104 valence electrons. The second-order valence-electron chi connectivity index (χ2n) is 5.07. The molecule has 0 aliphatic carbocycles. The molecule has 3 rings (SSSR count). The summed E-state index contributed by atoms with van der Waals surface area (Å²) in [4.78, 5) is 1.44. The summed E-state index contributed by atoms with van der Waals surface area (Å²) in [6.45, 7) is 1.66. The monoisotopic (exact) mass is 285 g/mol. The molecule has 0 bridgehead atoms. The van der Waals surface area contributed by atoms with Gasteiger partial charge in [-0.15, -0.1) is 11.8 Å². The van der Waals surface area contributed by atoms with Crippen molar-refractivity contribution in [2.24, 2.45) is 0 Å². The topological polar surface area (TPSA) is 21.3 Å². The average Bonchev–Trinajstić information content (AvgIpc) is 2.89. The van der Waals surface area contributed by atoms with Crippen molar-refractivity contribution in [1.82, 2.24) is 0 Å². The Morgan fingerprint density at radius 1 is 1.20 bits per heavy atom. The van der Waals surface area contributed by atoms with Crippen molar-refractivity contribution in [2.45, 2.75) is 23.2 Å². The van der Waals surface area contributed by atoms with Crippen molar-refractivity contribution in [3.63, 3.8) is 0 Å². The minimum atomic E-state index is 0.624. The summed E-state index contributed by atoms with van der Waals surface area (Å²) < 4.78 is 5.17. The van der Waals surface area contributed by atoms with Crippen molar-refractivity contribution in [2.75, 3.05) is 19.0 Å². The maximum Gasteiger partial charge on any atom is 0.0713 e. The van der Waals surface area contributed by atoms with Gasteiger partial charge in [0.15, 0.2) is 0 Å². The van der Waals surface area contributed by atoms with Gasteiger partial charge in [-0.1, -0.05) is 30.3 Å². The van der Waals surface area contributed by atoms with Gasteiger partial charge in [-0.2, -0.15) is 0 Å². The van der Waals surface area contributed by atoms with Crippen LogP contribution in [0.2, 0.25) is 0 Å². The van der Waals surface area contributed by atoms with Gasteiger partial charge in [0.2, 0.25) is 0 Å². The van der Waals surface area contributed by atoms with E-state index in [0.29, 0.717) is 11.9 Å². The van der Waals surface area contributed by atoms with Gasteiger partial charge >= 0.3 is 0 Å². The predicted octanol–water partition coefficient (Wildman–Crippen LogP) is 3.96. The van der Waals surface area contributed by atoms with Crippen LogP contribution < -0.4 is 5.32 Å². The Hall–Kier alpha value is -1.45. The number of rotatable bonds is 5. The lowest BCUT2D eigenvalue weighted by atomic mass is 10.1. The predicted molar refractivity (Wildman–Crippen MR) is 85.4 cm³/mol. The first-order chi connectivity index (χ1) is 9.85. The van der Waals surface area contributed by atoms with Crippen LogP contribution in [0.25, 0.3) is 0 Å². The second-order valence-corrected chi connectivity index (χ2v) is 6.41. The highest BCUT2D eigenvalue weighted by molar-refractivity contribution is 8.00. The van der Waals surface area contributed by atoms with E-state index in [1.165, 1.54) is 21.7 Å². The number of hydrogen-bond acceptors (Lipinski definition) is 3. The highest BCUT2D eigenvalue weighted by Crippen LogP contribution is 2.36. The molecule has 1 heterocycles. The number of hydrogen-bond donors (Lipinski definition) is 1. The molecular formula is C17H19NOS. The van der Waals surface area contributed by atoms with Crippen LogP contribution in [0.5, 0.6) is 0 Å². The number of thioether (sulfide) groups is 1. The van der Waals surface area contributed by atoms with E-state index < -0.39 is 0 Å². The Morgan fingerprint density at radius 3 is 2.95 bits per heavy atom. The zero-order chi connectivity index (χ0) is 13.8. The molecule has 3 heteroatoms. The lowest BCUT2D eigenvalue weighted by Gasteiger charge is -2.12. The van der Waals surface area contributed by atoms with Gasteiger partial charge in [-0.3, -0.25) is 0 Å². The van der Waals surface area contributed by atoms with Gasteiger partial charge in [-0.05, 0) is 35.7 Å². The van der Waals surface area contributed by atoms with Crippen molar-refractivity contribution in [3.8, 4) is 0 Å². The lowest BCUT2D eigenvalue weighted by molar-refractivity contribution is 0.185. The number of methoxy groups -OCH3 is 1. The molecular weight excluding hydrogens is 266 g/mol. The number of anilines is 1. The van der Waals surface area contributed by atoms with Gasteiger partial charge < -0.3 is 10.1 Å². The van der Waals surface area contributed by atoms with Gasteiger partial charge in [0, 0.05) is 29.5 Å². The average molecular weight is 285 g/mol. The zero-order valence-corrected chi connectivity index (χ0v) is 12.5. The van der Waals surface area contributed by atoms with E-state index in [2.05, 4.69) is 53.8 Å². The van der Waals surface area contributed by atoms with Crippen molar-refractivity contribution in [3.05, 3.63) is 59.7 Å². The van der Waals surface area contributed by atoms with Gasteiger partial charge in [-0.25, -0.2) is 0 Å². The maximum absolute atomic E-state index is 5.17. The van der Waals surface area contributed by atoms with Crippen LogP contribution in [-0.2, 0) is 17.8 Å². The Balaban J connectivity index is 1.57. The van der Waals surface area contributed by atoms with Gasteiger partial charge in [0.1, 0.15) is 0 Å². The Bertz CT molecular complexity index is 560. The van der Waals surface area contributed by atoms with E-state index >= 15 is 0 Å². The summed E-state index contributed by atoms with van der Waals surface area (Å²) in [7, 11) is 1.73. The second kappa shape index (κ2) is 6.33. The summed E-state index contributed by atoms with van der Waals surface area (Å²) in [6, 6.07) is 17.2. The lowest BCUT2D eigenvalue weighted by Crippen LogP contribution is -2.15. The third kappa shape index (κ3) is 3.17. The molecule has 1 atom stereocenters. The molecule has 0 saturated carbocycles. The van der Waals surface area contributed by atoms with Gasteiger partial charge in [0.25, 0.3) is 0 Å². The Kier molecular flexibility index (Phi) is 4.28. The molecule has 0 fully saturated rings. The molecule has 1 unspecified atom stereocenters. The Morgan fingerprint density at radius 2 is 2.10 bits per heavy atom. The molecule has 0 spiro atoms. The number of ether oxygens (including phenoxy) is 1. The molecule has 0 aromatic heterocycles. The molecule has 2 nitrogen and oxygen atoms in total. The highest BCUT2D eigenvalue weighted by atomic mass is 32.2. The first kappa shape index (κ1) is 13.5. The minimum Gasteiger partial charge on any atom is -0.384 e. The van der Waals surface area contributed by atoms with Crippen molar-refractivity contribution < 1.29 is 4.74 Å². The molecule has 1 N–H and O–H groups in total. The van der Waals surface area contributed by atoms with Crippen LogP contribution in [0.4, 0.5) is 5.69 Å². The SMILES string of the molecule is COCc1cccc(NCC2Cc3ccccc3S2)c1. The third-order valence-corrected chi connectivity index (χ3v) is 4.80. The fourth-order valence-electron chi connectivity index (χ4n) is 2.54. The summed E-state index contributed by atoms with van der Waals surface area (Å²) in [5.41, 5.74) is 3.87. The molecule has 1 aliphatic heterocycles. The first-order valence-corrected chi connectivity index (χ1v) is 7.79. The minimum absolute atomic E-state index is 0.624. The van der Waals surface area contributed by atoms with Crippen LogP contribution in [0, 0.1) is 0 Å². The number of nitrogens with one attached hydrogen (secondary N) is 1. The van der Waals surface area contributed by atoms with Crippen LogP contribution in [0.1, 0.15) is 11.1 Å². The summed E-state index contributed by atoms with van der Waals surface area (Å²) in [5.74, 6) is 0. The maximum atomic E-state index is 5.17. The molecule has 1 aliphatic rings. The molecule has 2 aromatic carbocycles. The smallest absolute Gasteiger partial charge is 0.0713 e. The van der Waals surface area contributed by atoms with Crippen molar-refractivity contribution in [1.29, 1.82) is 0 Å². The van der Waals surface area contributed by atoms with Crippen molar-refractivity contribution >= 4 is 17.4 Å². The first-order valence-electron chi connectivity index (χ1n) is 6.91. The molecule has 0 radical (unpaired) electrons. The summed E-state index contributed by atoms with van der Waals surface area (Å²) in [5, 5.41) is 4.17. The molecule has 0 amide bonds. The van der Waals surface area contributed by atoms with E-state index in [1.807, 2.05) is 11.8 Å². The van der Waals surface area contributed by atoms with E-state index in [9.17, 15) is 0 Å². The number of fused-ring (bicyclic) bond motifs is 1. The standard InChI is InChI=1S/C17H19NOS/c1-19-12-13-5-4-7-15(9-13)18-11-16-10-14-6-2-3-8-17(14)20-16/h2-9,16,18H,10-12H2,1H3. The summed E-state index contributed by atoms with van der Waals surface area (Å²) in [6.07, 6.45) is 1.16. The quantitative estimate of drug-likeness (QED) is 0.898. The fraction of sp³-hybridized carbons (Fsp3) is 0.294. The largest absolute Gasteiger partial charge is 0.384 e. The highest BCUT2D eigenvalue weighted by Gasteiger charge is 2.21. The van der Waals surface area contributed by atoms with Crippen LogP contribution >= 0.6 is 11.8 Å². The third-order valence-electron chi connectivity index (χ3n) is 3.49. The zero-order valence-electron chi connectivity index (χ0n) is 11.6. The van der Waals surface area contributed by atoms with E-state index in [1.54, 1.807) is 7.11 Å². The number of benzene rings is 2. The normalized spacial score (nSPS) is 16.9. The Labute approximate surface area is 124 Å². The molecule has 20 heavy (non-hydrogen) atoms. The van der Waals surface area contributed by atoms with Gasteiger partial charge in [0.05, 0.1) is 6.61 Å². The molecule has 2 aromatic rings. The van der Waals surface area contributed by atoms with E-state index in [4.69, 9.17) is 4.74 Å². The van der Waals surface area contributed by atoms with Crippen LogP contribution in [0.15, 0.2) is 53.4 Å². The van der Waals surface area contributed by atoms with E-state index in [0.717, 1.165) is 13.0 Å².